The fourth-order valence-corrected chi connectivity index (χ4v) is 2.84. The van der Waals surface area contributed by atoms with E-state index < -0.39 is 12.0 Å². The van der Waals surface area contributed by atoms with Crippen molar-refractivity contribution in [1.29, 1.82) is 0 Å². The third kappa shape index (κ3) is 4.93. The van der Waals surface area contributed by atoms with Gasteiger partial charge < -0.3 is 14.8 Å². The van der Waals surface area contributed by atoms with Gasteiger partial charge in [0.2, 0.25) is 5.91 Å². The normalized spacial score (nSPS) is 11.8. The average Bonchev–Trinajstić information content (AvgIpc) is 3.42. The highest BCUT2D eigenvalue weighted by atomic mass is 16.6. The lowest BCUT2D eigenvalue weighted by molar-refractivity contribution is -0.117. The number of nitrogens with one attached hydrogen (secondary N) is 1. The zero-order valence-electron chi connectivity index (χ0n) is 17.2. The molecule has 1 unspecified atom stereocenters. The van der Waals surface area contributed by atoms with Crippen LogP contribution in [0.25, 0.3) is 5.69 Å². The Morgan fingerprint density at radius 1 is 1.23 bits per heavy atom. The van der Waals surface area contributed by atoms with Crippen LogP contribution in [0.1, 0.15) is 37.3 Å². The van der Waals surface area contributed by atoms with Gasteiger partial charge in [0.05, 0.1) is 37.2 Å². The number of amides is 1. The SMILES string of the molecule is CCCOC(=O)n1nccc1NC(=O)C(C)c1cnn(-c2cccc(COC)c2)c1. The summed E-state index contributed by atoms with van der Waals surface area (Å²) in [6.45, 7) is 4.46. The summed E-state index contributed by atoms with van der Waals surface area (Å²) in [6, 6.07) is 9.36. The van der Waals surface area contributed by atoms with Crippen LogP contribution >= 0.6 is 0 Å². The number of aromatic nitrogens is 4. The molecule has 3 aromatic rings. The Hall–Kier alpha value is -3.46. The van der Waals surface area contributed by atoms with E-state index in [1.165, 1.54) is 6.20 Å². The van der Waals surface area contributed by atoms with Gasteiger partial charge in [0.1, 0.15) is 5.82 Å². The second-order valence-corrected chi connectivity index (χ2v) is 6.77. The second kappa shape index (κ2) is 9.84. The van der Waals surface area contributed by atoms with Crippen LogP contribution in [0.4, 0.5) is 10.6 Å². The quantitative estimate of drug-likeness (QED) is 0.610. The summed E-state index contributed by atoms with van der Waals surface area (Å²) in [7, 11) is 1.65. The number of hydrogen-bond donors (Lipinski definition) is 1. The molecule has 2 aromatic heterocycles. The van der Waals surface area contributed by atoms with Crippen LogP contribution in [0.2, 0.25) is 0 Å². The van der Waals surface area contributed by atoms with Gasteiger partial charge in [-0.25, -0.2) is 9.48 Å². The number of carbonyl (C=O) groups excluding carboxylic acids is 2. The largest absolute Gasteiger partial charge is 0.448 e. The van der Waals surface area contributed by atoms with Crippen LogP contribution in [0, 0.1) is 0 Å². The number of benzene rings is 1. The van der Waals surface area contributed by atoms with Crippen molar-refractivity contribution >= 4 is 17.8 Å². The predicted molar refractivity (Wildman–Crippen MR) is 111 cm³/mol. The molecule has 30 heavy (non-hydrogen) atoms. The van der Waals surface area contributed by atoms with E-state index in [-0.39, 0.29) is 18.3 Å². The predicted octanol–water partition coefficient (Wildman–Crippen LogP) is 3.35. The molecule has 1 aromatic carbocycles. The molecule has 9 heteroatoms. The molecule has 0 saturated heterocycles. The lowest BCUT2D eigenvalue weighted by atomic mass is 10.0. The first-order valence-corrected chi connectivity index (χ1v) is 9.68. The molecular weight excluding hydrogens is 386 g/mol. The van der Waals surface area contributed by atoms with Crippen LogP contribution in [0.15, 0.2) is 48.9 Å². The first kappa shape index (κ1) is 21.3. The zero-order chi connectivity index (χ0) is 21.5. The van der Waals surface area contributed by atoms with Gasteiger partial charge >= 0.3 is 6.09 Å². The van der Waals surface area contributed by atoms with Crippen molar-refractivity contribution < 1.29 is 19.1 Å². The molecule has 0 radical (unpaired) electrons. The molecule has 0 saturated carbocycles. The minimum Gasteiger partial charge on any atom is -0.448 e. The van der Waals surface area contributed by atoms with Gasteiger partial charge in [-0.05, 0) is 31.0 Å². The summed E-state index contributed by atoms with van der Waals surface area (Å²) in [4.78, 5) is 24.8. The summed E-state index contributed by atoms with van der Waals surface area (Å²) < 4.78 is 13.0. The number of ether oxygens (including phenoxy) is 2. The van der Waals surface area contributed by atoms with Crippen molar-refractivity contribution in [2.75, 3.05) is 19.0 Å². The molecule has 0 spiro atoms. The molecule has 0 aliphatic heterocycles. The second-order valence-electron chi connectivity index (χ2n) is 6.77. The third-order valence-electron chi connectivity index (χ3n) is 4.48. The van der Waals surface area contributed by atoms with Crippen LogP contribution in [-0.2, 0) is 20.9 Å². The van der Waals surface area contributed by atoms with Crippen molar-refractivity contribution in [2.45, 2.75) is 32.8 Å². The topological polar surface area (TPSA) is 100 Å². The highest BCUT2D eigenvalue weighted by Crippen LogP contribution is 2.20. The van der Waals surface area contributed by atoms with E-state index in [2.05, 4.69) is 15.5 Å². The van der Waals surface area contributed by atoms with Gasteiger partial charge in [0.25, 0.3) is 0 Å². The Kier molecular flexibility index (Phi) is 6.97. The van der Waals surface area contributed by atoms with Gasteiger partial charge in [0, 0.05) is 24.9 Å². The fraction of sp³-hybridized carbons (Fsp3) is 0.333. The summed E-state index contributed by atoms with van der Waals surface area (Å²) in [5.41, 5.74) is 2.64. The van der Waals surface area contributed by atoms with Crippen molar-refractivity contribution in [2.24, 2.45) is 0 Å². The van der Waals surface area contributed by atoms with Crippen molar-refractivity contribution in [1.82, 2.24) is 19.6 Å². The molecule has 1 amide bonds. The lowest BCUT2D eigenvalue weighted by Crippen LogP contribution is -2.24. The first-order valence-electron chi connectivity index (χ1n) is 9.68. The van der Waals surface area contributed by atoms with Gasteiger partial charge in [-0.15, -0.1) is 4.68 Å². The number of carbonyl (C=O) groups is 2. The molecule has 1 N–H and O–H groups in total. The molecule has 2 heterocycles. The minimum atomic E-state index is -0.631. The van der Waals surface area contributed by atoms with Crippen LogP contribution in [0.3, 0.4) is 0 Å². The Morgan fingerprint density at radius 3 is 2.83 bits per heavy atom. The maximum Gasteiger partial charge on any atom is 0.436 e. The van der Waals surface area contributed by atoms with Crippen LogP contribution in [0.5, 0.6) is 0 Å². The molecule has 0 aliphatic rings. The van der Waals surface area contributed by atoms with E-state index in [9.17, 15) is 9.59 Å². The molecule has 9 nitrogen and oxygen atoms in total. The monoisotopic (exact) mass is 411 g/mol. The van der Waals surface area contributed by atoms with Crippen LogP contribution < -0.4 is 5.32 Å². The Labute approximate surface area is 174 Å². The fourth-order valence-electron chi connectivity index (χ4n) is 2.84. The molecule has 0 aliphatic carbocycles. The average molecular weight is 411 g/mol. The maximum absolute atomic E-state index is 12.7. The van der Waals surface area contributed by atoms with Gasteiger partial charge in [-0.1, -0.05) is 19.1 Å². The minimum absolute atomic E-state index is 0.257. The Morgan fingerprint density at radius 2 is 2.07 bits per heavy atom. The van der Waals surface area contributed by atoms with Crippen molar-refractivity contribution in [3.05, 3.63) is 60.0 Å². The van der Waals surface area contributed by atoms with E-state index in [0.717, 1.165) is 21.5 Å². The maximum atomic E-state index is 12.7. The van der Waals surface area contributed by atoms with Crippen molar-refractivity contribution in [3.63, 3.8) is 0 Å². The molecule has 0 fully saturated rings. The van der Waals surface area contributed by atoms with E-state index >= 15 is 0 Å². The van der Waals surface area contributed by atoms with E-state index in [1.54, 1.807) is 31.0 Å². The highest BCUT2D eigenvalue weighted by Gasteiger charge is 2.21. The lowest BCUT2D eigenvalue weighted by Gasteiger charge is -2.11. The smallest absolute Gasteiger partial charge is 0.436 e. The van der Waals surface area contributed by atoms with Crippen LogP contribution in [-0.4, -0.2) is 45.3 Å². The van der Waals surface area contributed by atoms with E-state index in [1.807, 2.05) is 37.4 Å². The number of nitrogens with zero attached hydrogens (tertiary/aromatic N) is 4. The summed E-state index contributed by atoms with van der Waals surface area (Å²) >= 11 is 0. The number of methoxy groups -OCH3 is 1. The van der Waals surface area contributed by atoms with E-state index in [4.69, 9.17) is 9.47 Å². The Bertz CT molecular complexity index is 1010. The summed E-state index contributed by atoms with van der Waals surface area (Å²) in [6.07, 6.45) is 4.96. The van der Waals surface area contributed by atoms with E-state index in [0.29, 0.717) is 13.0 Å². The molecule has 158 valence electrons. The molecule has 1 atom stereocenters. The Balaban J connectivity index is 1.70. The number of hydrogen-bond acceptors (Lipinski definition) is 6. The van der Waals surface area contributed by atoms with Crippen molar-refractivity contribution in [3.8, 4) is 5.69 Å². The standard InChI is InChI=1S/C21H25N5O4/c1-4-10-30-21(28)26-19(8-9-22-26)24-20(27)15(2)17-12-23-25(13-17)18-7-5-6-16(11-18)14-29-3/h5-9,11-13,15H,4,10,14H2,1-3H3,(H,24,27). The molecule has 0 bridgehead atoms. The molecular formula is C21H25N5O4. The number of anilines is 1. The first-order chi connectivity index (χ1) is 14.5. The number of rotatable bonds is 8. The van der Waals surface area contributed by atoms with Gasteiger partial charge in [-0.3, -0.25) is 4.79 Å². The summed E-state index contributed by atoms with van der Waals surface area (Å²) in [5, 5.41) is 11.0. The van der Waals surface area contributed by atoms with Gasteiger partial charge in [-0.2, -0.15) is 10.2 Å². The zero-order valence-corrected chi connectivity index (χ0v) is 17.2. The third-order valence-corrected chi connectivity index (χ3v) is 4.48. The van der Waals surface area contributed by atoms with Gasteiger partial charge in [0.15, 0.2) is 0 Å². The summed E-state index contributed by atoms with van der Waals surface area (Å²) in [5.74, 6) is -0.517. The highest BCUT2D eigenvalue weighted by molar-refractivity contribution is 5.96. The molecule has 3 rings (SSSR count).